The van der Waals surface area contributed by atoms with Gasteiger partial charge in [0.05, 0.1) is 12.6 Å². The summed E-state index contributed by atoms with van der Waals surface area (Å²) in [6.07, 6.45) is 2.65. The van der Waals surface area contributed by atoms with Crippen molar-refractivity contribution in [2.45, 2.75) is 51.8 Å². The van der Waals surface area contributed by atoms with Crippen LogP contribution in [0.5, 0.6) is 0 Å². The maximum absolute atomic E-state index is 11.9. The molecule has 0 aromatic carbocycles. The molecule has 2 atom stereocenters. The summed E-state index contributed by atoms with van der Waals surface area (Å²) in [6.45, 7) is 5.14. The lowest BCUT2D eigenvalue weighted by molar-refractivity contribution is 0.170. The van der Waals surface area contributed by atoms with Crippen LogP contribution in [0.3, 0.4) is 0 Å². The first-order valence-corrected chi connectivity index (χ1v) is 6.77. The highest BCUT2D eigenvalue weighted by Gasteiger charge is 2.22. The van der Waals surface area contributed by atoms with E-state index in [-0.39, 0.29) is 5.56 Å². The highest BCUT2D eigenvalue weighted by atomic mass is 16.3. The third-order valence-electron chi connectivity index (χ3n) is 3.51. The summed E-state index contributed by atoms with van der Waals surface area (Å²) in [7, 11) is 0. The number of fused-ring (bicyclic) bond motifs is 1. The van der Waals surface area contributed by atoms with Gasteiger partial charge < -0.3 is 15.0 Å². The summed E-state index contributed by atoms with van der Waals surface area (Å²) >= 11 is 0. The molecule has 4 heteroatoms. The van der Waals surface area contributed by atoms with E-state index < -0.39 is 6.10 Å². The van der Waals surface area contributed by atoms with E-state index in [2.05, 4.69) is 12.2 Å². The van der Waals surface area contributed by atoms with E-state index in [1.54, 1.807) is 17.6 Å². The van der Waals surface area contributed by atoms with E-state index in [0.717, 1.165) is 31.5 Å². The molecule has 0 amide bonds. The molecular weight excluding hydrogens is 228 g/mol. The van der Waals surface area contributed by atoms with Gasteiger partial charge in [-0.25, -0.2) is 0 Å². The topological polar surface area (TPSA) is 54.3 Å². The lowest BCUT2D eigenvalue weighted by Crippen LogP contribution is -2.33. The molecule has 0 radical (unpaired) electrons. The van der Waals surface area contributed by atoms with Gasteiger partial charge in [-0.1, -0.05) is 13.0 Å². The molecule has 1 aromatic rings. The Morgan fingerprint density at radius 2 is 2.33 bits per heavy atom. The van der Waals surface area contributed by atoms with Crippen LogP contribution in [-0.4, -0.2) is 22.3 Å². The standard InChI is InChI=1S/C14H22N2O2/c1-3-15-12-5-4-6-13-11(12)7-8-14(18)16(13)9-10(2)17/h7-8,10,12,15,17H,3-6,9H2,1-2H3. The summed E-state index contributed by atoms with van der Waals surface area (Å²) < 4.78 is 1.74. The second-order valence-electron chi connectivity index (χ2n) is 5.04. The Kier molecular flexibility index (Phi) is 4.19. The normalized spacial score (nSPS) is 20.5. The molecule has 4 nitrogen and oxygen atoms in total. The molecule has 0 bridgehead atoms. The Morgan fingerprint density at radius 3 is 3.00 bits per heavy atom. The van der Waals surface area contributed by atoms with Crippen molar-refractivity contribution >= 4 is 0 Å². The Bertz CT molecular complexity index is 465. The summed E-state index contributed by atoms with van der Waals surface area (Å²) in [5.41, 5.74) is 2.32. The zero-order valence-corrected chi connectivity index (χ0v) is 11.1. The lowest BCUT2D eigenvalue weighted by Gasteiger charge is -2.28. The summed E-state index contributed by atoms with van der Waals surface area (Å²) in [6, 6.07) is 3.92. The molecule has 1 heterocycles. The molecule has 0 fully saturated rings. The molecule has 2 rings (SSSR count). The molecule has 100 valence electrons. The van der Waals surface area contributed by atoms with Crippen molar-refractivity contribution in [1.29, 1.82) is 0 Å². The number of nitrogens with one attached hydrogen (secondary N) is 1. The van der Waals surface area contributed by atoms with Crippen molar-refractivity contribution in [3.63, 3.8) is 0 Å². The molecule has 1 aromatic heterocycles. The number of aliphatic hydroxyl groups is 1. The number of pyridine rings is 1. The van der Waals surface area contributed by atoms with Crippen molar-refractivity contribution in [3.8, 4) is 0 Å². The van der Waals surface area contributed by atoms with Crippen molar-refractivity contribution in [3.05, 3.63) is 33.7 Å². The van der Waals surface area contributed by atoms with E-state index in [1.165, 1.54) is 5.56 Å². The van der Waals surface area contributed by atoms with Crippen molar-refractivity contribution in [2.24, 2.45) is 0 Å². The first kappa shape index (κ1) is 13.3. The minimum absolute atomic E-state index is 0.00759. The van der Waals surface area contributed by atoms with Crippen LogP contribution in [0.1, 0.15) is 44.0 Å². The number of hydrogen-bond donors (Lipinski definition) is 2. The van der Waals surface area contributed by atoms with Crippen LogP contribution in [0.2, 0.25) is 0 Å². The van der Waals surface area contributed by atoms with Crippen LogP contribution in [-0.2, 0) is 13.0 Å². The molecule has 1 aliphatic rings. The quantitative estimate of drug-likeness (QED) is 0.844. The first-order chi connectivity index (χ1) is 8.63. The molecule has 2 N–H and O–H groups in total. The fourth-order valence-corrected chi connectivity index (χ4v) is 2.78. The van der Waals surface area contributed by atoms with Gasteiger partial charge in [0.1, 0.15) is 0 Å². The second-order valence-corrected chi connectivity index (χ2v) is 5.04. The first-order valence-electron chi connectivity index (χ1n) is 6.77. The Labute approximate surface area is 108 Å². The van der Waals surface area contributed by atoms with Crippen LogP contribution in [0.15, 0.2) is 16.9 Å². The summed E-state index contributed by atoms with van der Waals surface area (Å²) in [5.74, 6) is 0. The number of nitrogens with zero attached hydrogens (tertiary/aromatic N) is 1. The van der Waals surface area contributed by atoms with E-state index in [1.807, 2.05) is 6.07 Å². The summed E-state index contributed by atoms with van der Waals surface area (Å²) in [4.78, 5) is 11.9. The average Bonchev–Trinajstić information content (AvgIpc) is 2.33. The predicted octanol–water partition coefficient (Wildman–Crippen LogP) is 1.22. The second kappa shape index (κ2) is 5.67. The largest absolute Gasteiger partial charge is 0.392 e. The van der Waals surface area contributed by atoms with Crippen molar-refractivity contribution in [1.82, 2.24) is 9.88 Å². The molecule has 0 aliphatic heterocycles. The third-order valence-corrected chi connectivity index (χ3v) is 3.51. The Hall–Kier alpha value is -1.13. The van der Waals surface area contributed by atoms with Crippen LogP contribution in [0, 0.1) is 0 Å². The van der Waals surface area contributed by atoms with Gasteiger partial charge in [0.25, 0.3) is 5.56 Å². The molecule has 18 heavy (non-hydrogen) atoms. The molecule has 0 spiro atoms. The number of hydrogen-bond acceptors (Lipinski definition) is 3. The molecule has 0 saturated heterocycles. The van der Waals surface area contributed by atoms with Gasteiger partial charge in [0.15, 0.2) is 0 Å². The van der Waals surface area contributed by atoms with E-state index in [4.69, 9.17) is 0 Å². The highest BCUT2D eigenvalue weighted by Crippen LogP contribution is 2.28. The number of aromatic nitrogens is 1. The van der Waals surface area contributed by atoms with Gasteiger partial charge in [0, 0.05) is 17.8 Å². The molecular formula is C14H22N2O2. The Balaban J connectivity index is 2.42. The average molecular weight is 250 g/mol. The molecule has 1 aliphatic carbocycles. The highest BCUT2D eigenvalue weighted by molar-refractivity contribution is 5.27. The zero-order valence-electron chi connectivity index (χ0n) is 11.1. The number of aliphatic hydroxyl groups excluding tert-OH is 1. The zero-order chi connectivity index (χ0) is 13.1. The maximum atomic E-state index is 11.9. The smallest absolute Gasteiger partial charge is 0.250 e. The van der Waals surface area contributed by atoms with Crippen molar-refractivity contribution in [2.75, 3.05) is 6.54 Å². The van der Waals surface area contributed by atoms with Gasteiger partial charge in [-0.2, -0.15) is 0 Å². The minimum atomic E-state index is -0.492. The fourth-order valence-electron chi connectivity index (χ4n) is 2.78. The van der Waals surface area contributed by atoms with Crippen molar-refractivity contribution < 1.29 is 5.11 Å². The minimum Gasteiger partial charge on any atom is -0.392 e. The van der Waals surface area contributed by atoms with Crippen LogP contribution < -0.4 is 10.9 Å². The van der Waals surface area contributed by atoms with Crippen LogP contribution in [0.25, 0.3) is 0 Å². The van der Waals surface area contributed by atoms with Crippen LogP contribution >= 0.6 is 0 Å². The monoisotopic (exact) mass is 250 g/mol. The Morgan fingerprint density at radius 1 is 1.56 bits per heavy atom. The van der Waals surface area contributed by atoms with E-state index in [0.29, 0.717) is 12.6 Å². The van der Waals surface area contributed by atoms with Gasteiger partial charge >= 0.3 is 0 Å². The number of rotatable bonds is 4. The van der Waals surface area contributed by atoms with E-state index >= 15 is 0 Å². The molecule has 0 saturated carbocycles. The van der Waals surface area contributed by atoms with E-state index in [9.17, 15) is 9.90 Å². The predicted molar refractivity (Wildman–Crippen MR) is 71.7 cm³/mol. The van der Waals surface area contributed by atoms with Gasteiger partial charge in [0.2, 0.25) is 0 Å². The van der Waals surface area contributed by atoms with Gasteiger partial charge in [-0.15, -0.1) is 0 Å². The summed E-state index contributed by atoms with van der Waals surface area (Å²) in [5, 5.41) is 13.0. The van der Waals surface area contributed by atoms with Gasteiger partial charge in [-0.05, 0) is 38.3 Å². The molecule has 2 unspecified atom stereocenters. The van der Waals surface area contributed by atoms with Gasteiger partial charge in [-0.3, -0.25) is 4.79 Å². The van der Waals surface area contributed by atoms with Crippen LogP contribution in [0.4, 0.5) is 0 Å². The maximum Gasteiger partial charge on any atom is 0.250 e. The third kappa shape index (κ3) is 2.65. The SMILES string of the molecule is CCNC1CCCc2c1ccc(=O)n2CC(C)O. The lowest BCUT2D eigenvalue weighted by atomic mass is 9.90. The fraction of sp³-hybridized carbons (Fsp3) is 0.643.